The van der Waals surface area contributed by atoms with Crippen molar-refractivity contribution in [1.82, 2.24) is 29.4 Å². The first-order valence-electron chi connectivity index (χ1n) is 11.2. The Morgan fingerprint density at radius 2 is 2.03 bits per heavy atom. The second-order valence-electron chi connectivity index (χ2n) is 8.24. The van der Waals surface area contributed by atoms with Crippen LogP contribution in [0.25, 0.3) is 39.5 Å². The number of alkyl halides is 3. The average molecular weight is 517 g/mol. The van der Waals surface area contributed by atoms with E-state index in [0.29, 0.717) is 12.1 Å². The zero-order chi connectivity index (χ0) is 25.4. The Morgan fingerprint density at radius 3 is 2.81 bits per heavy atom. The summed E-state index contributed by atoms with van der Waals surface area (Å²) in [6, 6.07) is 8.22. The van der Waals surface area contributed by atoms with Crippen molar-refractivity contribution >= 4 is 34.1 Å². The van der Waals surface area contributed by atoms with Crippen LogP contribution in [-0.2, 0) is 17.5 Å². The Labute approximate surface area is 207 Å². The predicted octanol–water partition coefficient (Wildman–Crippen LogP) is 5.59. The highest BCUT2D eigenvalue weighted by Crippen LogP contribution is 2.34. The number of amides is 1. The predicted molar refractivity (Wildman–Crippen MR) is 127 cm³/mol. The highest BCUT2D eigenvalue weighted by Gasteiger charge is 2.32. The largest absolute Gasteiger partial charge is 0.417 e. The number of carbonyl (C=O) groups excluding carboxylic acids is 1. The summed E-state index contributed by atoms with van der Waals surface area (Å²) in [5.74, 6) is 0.234. The summed E-state index contributed by atoms with van der Waals surface area (Å²) in [4.78, 5) is 20.9. The van der Waals surface area contributed by atoms with Gasteiger partial charge in [0.2, 0.25) is 11.7 Å². The van der Waals surface area contributed by atoms with Crippen LogP contribution in [0.4, 0.5) is 13.2 Å². The van der Waals surface area contributed by atoms with Crippen LogP contribution >= 0.6 is 11.6 Å². The second kappa shape index (κ2) is 9.30. The first kappa shape index (κ1) is 23.9. The molecular formula is C24H20ClF3N6O2. The SMILES string of the molecule is CCCCNC(=O)Cn1ccc2c(-c3noc(-c4cn5cc(C(F)(F)F)cc(Cl)c5n4)n3)cccc21. The van der Waals surface area contributed by atoms with Gasteiger partial charge in [0, 0.05) is 41.6 Å². The van der Waals surface area contributed by atoms with Crippen LogP contribution < -0.4 is 5.32 Å². The van der Waals surface area contributed by atoms with Crippen LogP contribution in [0.5, 0.6) is 0 Å². The summed E-state index contributed by atoms with van der Waals surface area (Å²) in [7, 11) is 0. The number of unbranched alkanes of at least 4 members (excludes halogenated alkanes) is 1. The monoisotopic (exact) mass is 516 g/mol. The number of fused-ring (bicyclic) bond motifs is 2. The average Bonchev–Trinajstić information content (AvgIpc) is 3.57. The minimum atomic E-state index is -4.55. The molecule has 0 spiro atoms. The Morgan fingerprint density at radius 1 is 1.19 bits per heavy atom. The Bertz CT molecular complexity index is 1570. The van der Waals surface area contributed by atoms with Gasteiger partial charge >= 0.3 is 6.18 Å². The van der Waals surface area contributed by atoms with Crippen LogP contribution in [-0.4, -0.2) is 36.5 Å². The van der Waals surface area contributed by atoms with E-state index >= 15 is 0 Å². The summed E-state index contributed by atoms with van der Waals surface area (Å²) in [6.45, 7) is 2.87. The molecule has 12 heteroatoms. The second-order valence-corrected chi connectivity index (χ2v) is 8.65. The molecule has 0 bridgehead atoms. The highest BCUT2D eigenvalue weighted by molar-refractivity contribution is 6.33. The van der Waals surface area contributed by atoms with Crippen LogP contribution in [0.3, 0.4) is 0 Å². The zero-order valence-corrected chi connectivity index (χ0v) is 19.8. The third-order valence-electron chi connectivity index (χ3n) is 5.70. The smallest absolute Gasteiger partial charge is 0.355 e. The normalized spacial score (nSPS) is 12.0. The maximum Gasteiger partial charge on any atom is 0.417 e. The van der Waals surface area contributed by atoms with Crippen LogP contribution in [0, 0.1) is 0 Å². The first-order chi connectivity index (χ1) is 17.2. The van der Waals surface area contributed by atoms with E-state index in [1.54, 1.807) is 0 Å². The Balaban J connectivity index is 1.44. The summed E-state index contributed by atoms with van der Waals surface area (Å²) >= 11 is 6.03. The van der Waals surface area contributed by atoms with Gasteiger partial charge in [0.05, 0.1) is 10.6 Å². The summed E-state index contributed by atoms with van der Waals surface area (Å²) in [5, 5.41) is 7.61. The molecule has 0 saturated carbocycles. The molecule has 5 rings (SSSR count). The number of nitrogens with zero attached hydrogens (tertiary/aromatic N) is 5. The van der Waals surface area contributed by atoms with Crippen molar-refractivity contribution in [2.75, 3.05) is 6.54 Å². The highest BCUT2D eigenvalue weighted by atomic mass is 35.5. The molecular weight excluding hydrogens is 497 g/mol. The zero-order valence-electron chi connectivity index (χ0n) is 19.0. The van der Waals surface area contributed by atoms with E-state index in [4.69, 9.17) is 16.1 Å². The molecule has 1 amide bonds. The summed E-state index contributed by atoms with van der Waals surface area (Å²) in [6.07, 6.45) is 1.44. The van der Waals surface area contributed by atoms with Gasteiger partial charge in [-0.25, -0.2) is 4.98 Å². The number of benzene rings is 1. The van der Waals surface area contributed by atoms with Gasteiger partial charge in [0.1, 0.15) is 12.2 Å². The molecule has 1 aromatic carbocycles. The first-order valence-corrected chi connectivity index (χ1v) is 11.6. The number of hydrogen-bond donors (Lipinski definition) is 1. The molecule has 8 nitrogen and oxygen atoms in total. The van der Waals surface area contributed by atoms with E-state index in [1.807, 2.05) is 35.0 Å². The molecule has 4 heterocycles. The van der Waals surface area contributed by atoms with Gasteiger partial charge in [0.25, 0.3) is 5.89 Å². The quantitative estimate of drug-likeness (QED) is 0.285. The third kappa shape index (κ3) is 4.53. The Hall–Kier alpha value is -3.86. The van der Waals surface area contributed by atoms with E-state index in [9.17, 15) is 18.0 Å². The Kier molecular flexibility index (Phi) is 6.17. The van der Waals surface area contributed by atoms with Crippen molar-refractivity contribution in [3.63, 3.8) is 0 Å². The molecule has 0 saturated heterocycles. The topological polar surface area (TPSA) is 90.2 Å². The number of pyridine rings is 1. The summed E-state index contributed by atoms with van der Waals surface area (Å²) < 4.78 is 47.8. The fraction of sp³-hybridized carbons (Fsp3) is 0.250. The lowest BCUT2D eigenvalue weighted by atomic mass is 10.1. The maximum absolute atomic E-state index is 13.1. The van der Waals surface area contributed by atoms with E-state index < -0.39 is 11.7 Å². The van der Waals surface area contributed by atoms with Gasteiger partial charge in [-0.2, -0.15) is 18.2 Å². The molecule has 5 aromatic rings. The number of nitrogens with one attached hydrogen (secondary N) is 1. The molecule has 0 atom stereocenters. The van der Waals surface area contributed by atoms with Gasteiger partial charge in [-0.15, -0.1) is 0 Å². The van der Waals surface area contributed by atoms with Crippen molar-refractivity contribution in [2.24, 2.45) is 0 Å². The summed E-state index contributed by atoms with van der Waals surface area (Å²) in [5.41, 5.74) is 0.919. The van der Waals surface area contributed by atoms with Gasteiger partial charge in [-0.1, -0.05) is 42.2 Å². The molecule has 0 radical (unpaired) electrons. The van der Waals surface area contributed by atoms with Crippen LogP contribution in [0.15, 0.2) is 53.4 Å². The van der Waals surface area contributed by atoms with Crippen molar-refractivity contribution in [3.8, 4) is 23.0 Å². The van der Waals surface area contributed by atoms with E-state index in [2.05, 4.69) is 27.4 Å². The molecule has 0 fully saturated rings. The molecule has 4 aromatic heterocycles. The third-order valence-corrected chi connectivity index (χ3v) is 5.98. The molecule has 0 aliphatic rings. The van der Waals surface area contributed by atoms with Crippen molar-refractivity contribution < 1.29 is 22.5 Å². The van der Waals surface area contributed by atoms with Crippen LogP contribution in [0.2, 0.25) is 5.02 Å². The lowest BCUT2D eigenvalue weighted by molar-refractivity contribution is -0.137. The molecule has 1 N–H and O–H groups in total. The van der Waals surface area contributed by atoms with Crippen LogP contribution in [0.1, 0.15) is 25.3 Å². The number of hydrogen-bond acceptors (Lipinski definition) is 5. The number of imidazole rings is 1. The number of halogens is 4. The molecule has 186 valence electrons. The van der Waals surface area contributed by atoms with Crippen molar-refractivity contribution in [3.05, 3.63) is 59.5 Å². The molecule has 0 unspecified atom stereocenters. The molecule has 36 heavy (non-hydrogen) atoms. The van der Waals surface area contributed by atoms with Gasteiger partial charge < -0.3 is 18.8 Å². The van der Waals surface area contributed by atoms with E-state index in [0.717, 1.165) is 36.0 Å². The number of carbonyl (C=O) groups is 1. The molecule has 0 aliphatic carbocycles. The lowest BCUT2D eigenvalue weighted by Gasteiger charge is -2.07. The fourth-order valence-corrected chi connectivity index (χ4v) is 4.18. The standard InChI is InChI=1S/C24H20ClF3N6O2/c1-2-3-8-29-20(35)13-33-9-7-15-16(5-4-6-19(15)33)21-31-23(36-32-21)18-12-34-11-14(24(26,27)28)10-17(25)22(34)30-18/h4-7,9-12H,2-3,8,13H2,1H3,(H,29,35). The number of aromatic nitrogens is 5. The van der Waals surface area contributed by atoms with E-state index in [-0.39, 0.29) is 40.5 Å². The maximum atomic E-state index is 13.1. The molecule has 0 aliphatic heterocycles. The van der Waals surface area contributed by atoms with Crippen molar-refractivity contribution in [1.29, 1.82) is 0 Å². The minimum Gasteiger partial charge on any atom is -0.355 e. The van der Waals surface area contributed by atoms with Gasteiger partial charge in [-0.05, 0) is 24.6 Å². The minimum absolute atomic E-state index is 0.0325. The van der Waals surface area contributed by atoms with E-state index in [1.165, 1.54) is 10.6 Å². The number of rotatable bonds is 7. The lowest BCUT2D eigenvalue weighted by Crippen LogP contribution is -2.28. The fourth-order valence-electron chi connectivity index (χ4n) is 3.92. The van der Waals surface area contributed by atoms with Gasteiger partial charge in [0.15, 0.2) is 5.65 Å². The van der Waals surface area contributed by atoms with Gasteiger partial charge in [-0.3, -0.25) is 4.79 Å². The van der Waals surface area contributed by atoms with Crippen molar-refractivity contribution in [2.45, 2.75) is 32.5 Å².